The maximum atomic E-state index is 12.5. The molecule has 106 valence electrons. The van der Waals surface area contributed by atoms with Crippen LogP contribution in [0.25, 0.3) is 0 Å². The lowest BCUT2D eigenvalue weighted by atomic mass is 10.0. The molecule has 1 aliphatic heterocycles. The number of hydrogen-bond acceptors (Lipinski definition) is 4. The number of aromatic nitrogens is 3. The second kappa shape index (κ2) is 6.14. The molecule has 1 aromatic rings. The van der Waals surface area contributed by atoms with Crippen LogP contribution in [0.5, 0.6) is 0 Å². The minimum atomic E-state index is -0.0527. The number of nitrogens with zero attached hydrogens (tertiary/aromatic N) is 3. The highest BCUT2D eigenvalue weighted by Gasteiger charge is 2.29. The summed E-state index contributed by atoms with van der Waals surface area (Å²) in [6, 6.07) is 0.257. The fourth-order valence-electron chi connectivity index (χ4n) is 2.47. The summed E-state index contributed by atoms with van der Waals surface area (Å²) in [4.78, 5) is 18.7. The standard InChI is InChI=1S/C13H23N5O/c1-9(2)11-15-12(17-16-11)13(19)18-7-5-4-6-10(18)8-14-3/h9-10,14H,4-8H2,1-3H3,(H,15,16,17). The van der Waals surface area contributed by atoms with Gasteiger partial charge >= 0.3 is 0 Å². The van der Waals surface area contributed by atoms with Crippen LogP contribution in [0.4, 0.5) is 0 Å². The molecule has 0 saturated carbocycles. The van der Waals surface area contributed by atoms with Gasteiger partial charge in [0, 0.05) is 25.0 Å². The zero-order valence-corrected chi connectivity index (χ0v) is 11.9. The molecule has 1 aliphatic rings. The van der Waals surface area contributed by atoms with Crippen molar-refractivity contribution in [3.63, 3.8) is 0 Å². The van der Waals surface area contributed by atoms with Crippen molar-refractivity contribution in [2.45, 2.75) is 45.1 Å². The Hall–Kier alpha value is -1.43. The van der Waals surface area contributed by atoms with Gasteiger partial charge in [0.15, 0.2) is 0 Å². The minimum Gasteiger partial charge on any atom is -0.332 e. The van der Waals surface area contributed by atoms with E-state index < -0.39 is 0 Å². The van der Waals surface area contributed by atoms with Gasteiger partial charge in [-0.15, -0.1) is 5.10 Å². The zero-order valence-electron chi connectivity index (χ0n) is 11.9. The molecule has 0 aliphatic carbocycles. The Morgan fingerprint density at radius 3 is 2.95 bits per heavy atom. The molecule has 0 bridgehead atoms. The highest BCUT2D eigenvalue weighted by atomic mass is 16.2. The van der Waals surface area contributed by atoms with E-state index in [2.05, 4.69) is 20.5 Å². The van der Waals surface area contributed by atoms with E-state index in [0.717, 1.165) is 31.8 Å². The third-order valence-corrected chi connectivity index (χ3v) is 3.57. The predicted molar refractivity (Wildman–Crippen MR) is 73.1 cm³/mol. The molecule has 0 aromatic carbocycles. The Morgan fingerprint density at radius 2 is 2.32 bits per heavy atom. The Kier molecular flexibility index (Phi) is 4.52. The summed E-state index contributed by atoms with van der Waals surface area (Å²) in [6.45, 7) is 5.68. The van der Waals surface area contributed by atoms with Crippen LogP contribution in [0.3, 0.4) is 0 Å². The molecule has 1 unspecified atom stereocenters. The van der Waals surface area contributed by atoms with Crippen molar-refractivity contribution in [2.75, 3.05) is 20.1 Å². The Bertz CT molecular complexity index is 426. The fraction of sp³-hybridized carbons (Fsp3) is 0.769. The average molecular weight is 265 g/mol. The first-order chi connectivity index (χ1) is 9.13. The first kappa shape index (κ1) is 14.0. The summed E-state index contributed by atoms with van der Waals surface area (Å²) < 4.78 is 0. The number of carbonyl (C=O) groups is 1. The lowest BCUT2D eigenvalue weighted by Crippen LogP contribution is -2.48. The van der Waals surface area contributed by atoms with Gasteiger partial charge in [-0.3, -0.25) is 9.89 Å². The number of H-pyrrole nitrogens is 1. The van der Waals surface area contributed by atoms with Crippen LogP contribution in [0.15, 0.2) is 0 Å². The summed E-state index contributed by atoms with van der Waals surface area (Å²) in [5.41, 5.74) is 0. The number of piperidine rings is 1. The SMILES string of the molecule is CNCC1CCCCN1C(=O)c1n[nH]c(C(C)C)n1. The second-order valence-electron chi connectivity index (χ2n) is 5.40. The molecule has 1 atom stereocenters. The van der Waals surface area contributed by atoms with Crippen LogP contribution in [0, 0.1) is 0 Å². The van der Waals surface area contributed by atoms with Gasteiger partial charge in [-0.1, -0.05) is 13.8 Å². The molecule has 2 heterocycles. The maximum absolute atomic E-state index is 12.5. The molecule has 0 spiro atoms. The van der Waals surface area contributed by atoms with E-state index in [1.807, 2.05) is 25.8 Å². The van der Waals surface area contributed by atoms with Crippen molar-refractivity contribution in [3.05, 3.63) is 11.6 Å². The molecule has 1 amide bonds. The lowest BCUT2D eigenvalue weighted by Gasteiger charge is -2.34. The Labute approximate surface area is 114 Å². The molecule has 1 saturated heterocycles. The van der Waals surface area contributed by atoms with Gasteiger partial charge in [-0.2, -0.15) is 0 Å². The summed E-state index contributed by atoms with van der Waals surface area (Å²) in [5.74, 6) is 1.27. The molecular weight excluding hydrogens is 242 g/mol. The topological polar surface area (TPSA) is 73.9 Å². The van der Waals surface area contributed by atoms with E-state index in [-0.39, 0.29) is 17.9 Å². The molecular formula is C13H23N5O. The third kappa shape index (κ3) is 3.12. The summed E-state index contributed by atoms with van der Waals surface area (Å²) in [6.07, 6.45) is 3.29. The Balaban J connectivity index is 2.11. The molecule has 2 N–H and O–H groups in total. The van der Waals surface area contributed by atoms with E-state index in [9.17, 15) is 4.79 Å². The van der Waals surface area contributed by atoms with Crippen molar-refractivity contribution in [1.29, 1.82) is 0 Å². The number of likely N-dealkylation sites (N-methyl/N-ethyl adjacent to an activating group) is 1. The molecule has 2 rings (SSSR count). The first-order valence-electron chi connectivity index (χ1n) is 7.01. The Morgan fingerprint density at radius 1 is 1.53 bits per heavy atom. The van der Waals surface area contributed by atoms with Gasteiger partial charge in [0.25, 0.3) is 5.91 Å². The van der Waals surface area contributed by atoms with Crippen LogP contribution in [0.1, 0.15) is 55.5 Å². The van der Waals surface area contributed by atoms with Crippen molar-refractivity contribution < 1.29 is 4.79 Å². The van der Waals surface area contributed by atoms with E-state index in [0.29, 0.717) is 5.82 Å². The predicted octanol–water partition coefficient (Wildman–Crippen LogP) is 1.14. The van der Waals surface area contributed by atoms with Gasteiger partial charge in [0.1, 0.15) is 5.82 Å². The fourth-order valence-corrected chi connectivity index (χ4v) is 2.47. The molecule has 6 nitrogen and oxygen atoms in total. The number of carbonyl (C=O) groups excluding carboxylic acids is 1. The molecule has 0 radical (unpaired) electrons. The van der Waals surface area contributed by atoms with Gasteiger partial charge in [-0.25, -0.2) is 4.98 Å². The minimum absolute atomic E-state index is 0.0527. The van der Waals surface area contributed by atoms with Gasteiger partial charge < -0.3 is 10.2 Å². The monoisotopic (exact) mass is 265 g/mol. The zero-order chi connectivity index (χ0) is 13.8. The number of aromatic amines is 1. The second-order valence-corrected chi connectivity index (χ2v) is 5.40. The molecule has 1 aromatic heterocycles. The first-order valence-corrected chi connectivity index (χ1v) is 7.01. The van der Waals surface area contributed by atoms with E-state index in [4.69, 9.17) is 0 Å². The van der Waals surface area contributed by atoms with Crippen LogP contribution < -0.4 is 5.32 Å². The van der Waals surface area contributed by atoms with Crippen LogP contribution >= 0.6 is 0 Å². The largest absolute Gasteiger partial charge is 0.332 e. The number of likely N-dealkylation sites (tertiary alicyclic amines) is 1. The summed E-state index contributed by atoms with van der Waals surface area (Å²) in [5, 5.41) is 10.1. The van der Waals surface area contributed by atoms with Crippen LogP contribution in [0.2, 0.25) is 0 Å². The van der Waals surface area contributed by atoms with Gasteiger partial charge in [-0.05, 0) is 26.3 Å². The van der Waals surface area contributed by atoms with Crippen molar-refractivity contribution in [2.24, 2.45) is 0 Å². The maximum Gasteiger partial charge on any atom is 0.293 e. The molecule has 6 heteroatoms. The van der Waals surface area contributed by atoms with Gasteiger partial charge in [0.2, 0.25) is 5.82 Å². The van der Waals surface area contributed by atoms with Crippen molar-refractivity contribution in [3.8, 4) is 0 Å². The number of hydrogen-bond donors (Lipinski definition) is 2. The summed E-state index contributed by atoms with van der Waals surface area (Å²) in [7, 11) is 1.92. The highest BCUT2D eigenvalue weighted by molar-refractivity contribution is 5.90. The third-order valence-electron chi connectivity index (χ3n) is 3.57. The molecule has 1 fully saturated rings. The van der Waals surface area contributed by atoms with E-state index >= 15 is 0 Å². The van der Waals surface area contributed by atoms with E-state index in [1.54, 1.807) is 0 Å². The van der Waals surface area contributed by atoms with Crippen LogP contribution in [-0.2, 0) is 0 Å². The molecule has 19 heavy (non-hydrogen) atoms. The normalized spacial score (nSPS) is 20.0. The van der Waals surface area contributed by atoms with Crippen LogP contribution in [-0.4, -0.2) is 52.2 Å². The average Bonchev–Trinajstić information content (AvgIpc) is 2.89. The lowest BCUT2D eigenvalue weighted by molar-refractivity contribution is 0.0602. The number of rotatable bonds is 4. The summed E-state index contributed by atoms with van der Waals surface area (Å²) >= 11 is 0. The smallest absolute Gasteiger partial charge is 0.293 e. The number of nitrogens with one attached hydrogen (secondary N) is 2. The van der Waals surface area contributed by atoms with Gasteiger partial charge in [0.05, 0.1) is 0 Å². The highest BCUT2D eigenvalue weighted by Crippen LogP contribution is 2.18. The van der Waals surface area contributed by atoms with Crippen molar-refractivity contribution in [1.82, 2.24) is 25.4 Å². The number of amides is 1. The quantitative estimate of drug-likeness (QED) is 0.856. The van der Waals surface area contributed by atoms with E-state index in [1.165, 1.54) is 6.42 Å². The van der Waals surface area contributed by atoms with Crippen molar-refractivity contribution >= 4 is 5.91 Å².